The van der Waals surface area contributed by atoms with Gasteiger partial charge < -0.3 is 15.0 Å². The van der Waals surface area contributed by atoms with Gasteiger partial charge in [-0.15, -0.1) is 11.3 Å². The minimum absolute atomic E-state index is 0.127. The molecule has 0 spiro atoms. The highest BCUT2D eigenvalue weighted by atomic mass is 32.2. The molecule has 2 saturated heterocycles. The Morgan fingerprint density at radius 1 is 1.48 bits per heavy atom. The van der Waals surface area contributed by atoms with Gasteiger partial charge in [-0.1, -0.05) is 0 Å². The van der Waals surface area contributed by atoms with Crippen LogP contribution in [0.4, 0.5) is 5.13 Å². The van der Waals surface area contributed by atoms with E-state index in [2.05, 4.69) is 15.2 Å². The highest BCUT2D eigenvalue weighted by molar-refractivity contribution is 7.99. The summed E-state index contributed by atoms with van der Waals surface area (Å²) in [5, 5.41) is 6.75. The Hall–Kier alpha value is -0.790. The second kappa shape index (κ2) is 7.47. The summed E-state index contributed by atoms with van der Waals surface area (Å²) in [5.74, 6) is 1.32. The van der Waals surface area contributed by atoms with Gasteiger partial charge in [0.05, 0.1) is 5.92 Å². The van der Waals surface area contributed by atoms with Gasteiger partial charge in [0, 0.05) is 55.4 Å². The summed E-state index contributed by atoms with van der Waals surface area (Å²) in [6.07, 6.45) is 4.09. The lowest BCUT2D eigenvalue weighted by Crippen LogP contribution is -2.54. The normalized spacial score (nSPS) is 20.3. The molecule has 2 aliphatic heterocycles. The number of aromatic nitrogens is 1. The van der Waals surface area contributed by atoms with Crippen molar-refractivity contribution < 1.29 is 9.53 Å². The van der Waals surface area contributed by atoms with Crippen LogP contribution in [0.1, 0.15) is 12.8 Å². The lowest BCUT2D eigenvalue weighted by molar-refractivity contribution is -0.125. The lowest BCUT2D eigenvalue weighted by atomic mass is 10.0. The summed E-state index contributed by atoms with van der Waals surface area (Å²) in [6.45, 7) is 4.14. The summed E-state index contributed by atoms with van der Waals surface area (Å²) in [5.41, 5.74) is 0. The molecule has 0 saturated carbocycles. The topological polar surface area (TPSA) is 54.5 Å². The van der Waals surface area contributed by atoms with Crippen LogP contribution in [0.5, 0.6) is 0 Å². The van der Waals surface area contributed by atoms with Crippen molar-refractivity contribution in [3.8, 4) is 0 Å². The van der Waals surface area contributed by atoms with E-state index in [0.29, 0.717) is 5.25 Å². The molecule has 1 N–H and O–H groups in total. The largest absolute Gasteiger partial charge is 0.381 e. The zero-order valence-corrected chi connectivity index (χ0v) is 13.6. The quantitative estimate of drug-likeness (QED) is 0.805. The number of carbonyl (C=O) groups is 1. The number of carbonyl (C=O) groups excluding carboxylic acids is 1. The van der Waals surface area contributed by atoms with Crippen LogP contribution in [0.25, 0.3) is 0 Å². The summed E-state index contributed by atoms with van der Waals surface area (Å²) in [6, 6.07) is 0. The Morgan fingerprint density at radius 2 is 2.29 bits per heavy atom. The molecular weight excluding hydrogens is 306 g/mol. The predicted octanol–water partition coefficient (Wildman–Crippen LogP) is 1.61. The van der Waals surface area contributed by atoms with E-state index in [9.17, 15) is 4.79 Å². The second-order valence-corrected chi connectivity index (χ2v) is 7.67. The number of ether oxygens (including phenoxy) is 1. The average molecular weight is 327 g/mol. The molecule has 7 heteroatoms. The summed E-state index contributed by atoms with van der Waals surface area (Å²) < 4.78 is 5.35. The number of nitrogens with one attached hydrogen (secondary N) is 1. The van der Waals surface area contributed by atoms with Crippen molar-refractivity contribution in [3.05, 3.63) is 11.6 Å². The fraction of sp³-hybridized carbons (Fsp3) is 0.714. The van der Waals surface area contributed by atoms with Crippen LogP contribution < -0.4 is 10.2 Å². The zero-order chi connectivity index (χ0) is 14.5. The minimum atomic E-state index is 0.127. The number of nitrogens with zero attached hydrogens (tertiary/aromatic N) is 2. The Kier molecular flexibility index (Phi) is 5.38. The number of thiazole rings is 1. The van der Waals surface area contributed by atoms with Crippen molar-refractivity contribution in [2.24, 2.45) is 5.92 Å². The van der Waals surface area contributed by atoms with E-state index in [4.69, 9.17) is 4.74 Å². The Labute approximate surface area is 133 Å². The first-order chi connectivity index (χ1) is 10.3. The fourth-order valence-electron chi connectivity index (χ4n) is 2.56. The van der Waals surface area contributed by atoms with Crippen LogP contribution >= 0.6 is 23.1 Å². The molecule has 116 valence electrons. The molecule has 0 aliphatic carbocycles. The summed E-state index contributed by atoms with van der Waals surface area (Å²) in [7, 11) is 0. The maximum atomic E-state index is 12.0. The minimum Gasteiger partial charge on any atom is -0.381 e. The molecular formula is C14H21N3O2S2. The van der Waals surface area contributed by atoms with E-state index < -0.39 is 0 Å². The average Bonchev–Trinajstić information content (AvgIpc) is 2.97. The number of rotatable bonds is 6. The molecule has 3 heterocycles. The molecule has 1 aromatic heterocycles. The molecule has 0 unspecified atom stereocenters. The number of thioether (sulfide) groups is 1. The Balaban J connectivity index is 1.27. The smallest absolute Gasteiger partial charge is 0.226 e. The van der Waals surface area contributed by atoms with Crippen LogP contribution in [-0.2, 0) is 9.53 Å². The first-order valence-corrected chi connectivity index (χ1v) is 9.37. The molecule has 0 radical (unpaired) electrons. The third-order valence-electron chi connectivity index (χ3n) is 3.87. The van der Waals surface area contributed by atoms with Gasteiger partial charge in [-0.3, -0.25) is 4.79 Å². The zero-order valence-electron chi connectivity index (χ0n) is 12.0. The summed E-state index contributed by atoms with van der Waals surface area (Å²) in [4.78, 5) is 18.4. The van der Waals surface area contributed by atoms with Gasteiger partial charge in [-0.2, -0.15) is 11.8 Å². The van der Waals surface area contributed by atoms with Crippen molar-refractivity contribution in [2.45, 2.75) is 18.1 Å². The molecule has 3 rings (SSSR count). The lowest BCUT2D eigenvalue weighted by Gasteiger charge is -2.37. The molecule has 2 aliphatic rings. The molecule has 0 bridgehead atoms. The van der Waals surface area contributed by atoms with Gasteiger partial charge in [0.25, 0.3) is 0 Å². The number of anilines is 1. The van der Waals surface area contributed by atoms with E-state index in [1.54, 1.807) is 17.5 Å². The van der Waals surface area contributed by atoms with Crippen LogP contribution in [0.15, 0.2) is 11.6 Å². The van der Waals surface area contributed by atoms with Crippen molar-refractivity contribution in [1.82, 2.24) is 10.3 Å². The first-order valence-electron chi connectivity index (χ1n) is 7.44. The molecule has 5 nitrogen and oxygen atoms in total. The third kappa shape index (κ3) is 4.11. The molecule has 1 aromatic rings. The van der Waals surface area contributed by atoms with Crippen LogP contribution in [0.2, 0.25) is 0 Å². The van der Waals surface area contributed by atoms with E-state index in [1.165, 1.54) is 0 Å². The first kappa shape index (κ1) is 15.1. The maximum absolute atomic E-state index is 12.0. The van der Waals surface area contributed by atoms with Gasteiger partial charge in [0.1, 0.15) is 0 Å². The number of hydrogen-bond acceptors (Lipinski definition) is 6. The van der Waals surface area contributed by atoms with E-state index >= 15 is 0 Å². The highest BCUT2D eigenvalue weighted by Gasteiger charge is 2.33. The van der Waals surface area contributed by atoms with Gasteiger partial charge >= 0.3 is 0 Å². The molecule has 0 atom stereocenters. The highest BCUT2D eigenvalue weighted by Crippen LogP contribution is 2.26. The van der Waals surface area contributed by atoms with Crippen molar-refractivity contribution in [3.63, 3.8) is 0 Å². The van der Waals surface area contributed by atoms with Crippen molar-refractivity contribution >= 4 is 34.1 Å². The van der Waals surface area contributed by atoms with E-state index in [1.807, 2.05) is 17.1 Å². The Morgan fingerprint density at radius 3 is 3.00 bits per heavy atom. The standard InChI is InChI=1S/C14H21N3O2S2/c18-13(11-9-17(10-11)14-16-4-8-21-14)15-3-7-20-12-1-5-19-6-2-12/h4,8,11-12H,1-3,5-7,9-10H2,(H,15,18). The van der Waals surface area contributed by atoms with Crippen LogP contribution in [0, 0.1) is 5.92 Å². The Bertz CT molecular complexity index is 443. The van der Waals surface area contributed by atoms with Gasteiger partial charge in [-0.05, 0) is 12.8 Å². The SMILES string of the molecule is O=C(NCCSC1CCOCC1)C1CN(c2nccs2)C1. The molecule has 0 aromatic carbocycles. The van der Waals surface area contributed by atoms with Gasteiger partial charge in [-0.25, -0.2) is 4.98 Å². The van der Waals surface area contributed by atoms with Crippen LogP contribution in [-0.4, -0.2) is 54.7 Å². The number of hydrogen-bond donors (Lipinski definition) is 1. The van der Waals surface area contributed by atoms with E-state index in [-0.39, 0.29) is 11.8 Å². The van der Waals surface area contributed by atoms with Crippen molar-refractivity contribution in [1.29, 1.82) is 0 Å². The monoisotopic (exact) mass is 327 g/mol. The summed E-state index contributed by atoms with van der Waals surface area (Å²) >= 11 is 3.59. The second-order valence-electron chi connectivity index (χ2n) is 5.39. The third-order valence-corrected chi connectivity index (χ3v) is 6.08. The molecule has 2 fully saturated rings. The predicted molar refractivity (Wildman–Crippen MR) is 87.1 cm³/mol. The van der Waals surface area contributed by atoms with E-state index in [0.717, 1.165) is 56.6 Å². The van der Waals surface area contributed by atoms with Gasteiger partial charge in [0.15, 0.2) is 5.13 Å². The fourth-order valence-corrected chi connectivity index (χ4v) is 4.30. The van der Waals surface area contributed by atoms with Gasteiger partial charge in [0.2, 0.25) is 5.91 Å². The van der Waals surface area contributed by atoms with Crippen LogP contribution in [0.3, 0.4) is 0 Å². The van der Waals surface area contributed by atoms with Crippen molar-refractivity contribution in [2.75, 3.05) is 43.5 Å². The molecule has 21 heavy (non-hydrogen) atoms. The maximum Gasteiger partial charge on any atom is 0.226 e. The molecule has 1 amide bonds. The number of amides is 1.